The molecule has 1 aromatic carbocycles. The molecular weight excluding hydrogens is 263 g/mol. The summed E-state index contributed by atoms with van der Waals surface area (Å²) < 4.78 is 13.4. The van der Waals surface area contributed by atoms with E-state index in [1.165, 1.54) is 12.1 Å². The van der Waals surface area contributed by atoms with Gasteiger partial charge in [0.2, 0.25) is 0 Å². The van der Waals surface area contributed by atoms with E-state index in [4.69, 9.17) is 17.3 Å². The van der Waals surface area contributed by atoms with E-state index in [-0.39, 0.29) is 11.4 Å². The summed E-state index contributed by atoms with van der Waals surface area (Å²) in [6.07, 6.45) is 3.28. The third kappa shape index (κ3) is 3.03. The minimum atomic E-state index is -0.282. The first-order valence-electron chi connectivity index (χ1n) is 6.90. The Morgan fingerprint density at radius 3 is 2.84 bits per heavy atom. The van der Waals surface area contributed by atoms with E-state index in [0.717, 1.165) is 25.2 Å². The lowest BCUT2D eigenvalue weighted by Gasteiger charge is -2.45. The lowest BCUT2D eigenvalue weighted by atomic mass is 9.70. The SMILES string of the molecule is CC1CCC(CN)(Nc2cc(F)ccc2Cl)C(C)C1. The zero-order valence-corrected chi connectivity index (χ0v) is 12.3. The van der Waals surface area contributed by atoms with Crippen molar-refractivity contribution in [2.24, 2.45) is 17.6 Å². The van der Waals surface area contributed by atoms with E-state index in [9.17, 15) is 4.39 Å². The van der Waals surface area contributed by atoms with E-state index in [1.807, 2.05) is 0 Å². The summed E-state index contributed by atoms with van der Waals surface area (Å²) in [7, 11) is 0. The van der Waals surface area contributed by atoms with Gasteiger partial charge in [-0.2, -0.15) is 0 Å². The van der Waals surface area contributed by atoms with Crippen molar-refractivity contribution in [3.8, 4) is 0 Å². The highest BCUT2D eigenvalue weighted by atomic mass is 35.5. The van der Waals surface area contributed by atoms with E-state index in [0.29, 0.717) is 23.2 Å². The molecule has 19 heavy (non-hydrogen) atoms. The first kappa shape index (κ1) is 14.6. The molecule has 0 saturated heterocycles. The number of benzene rings is 1. The van der Waals surface area contributed by atoms with Crippen molar-refractivity contribution < 1.29 is 4.39 Å². The van der Waals surface area contributed by atoms with E-state index in [1.54, 1.807) is 6.07 Å². The van der Waals surface area contributed by atoms with Crippen LogP contribution in [0.4, 0.5) is 10.1 Å². The van der Waals surface area contributed by atoms with Crippen LogP contribution in [0.1, 0.15) is 33.1 Å². The molecule has 3 atom stereocenters. The molecule has 2 nitrogen and oxygen atoms in total. The zero-order chi connectivity index (χ0) is 14.0. The summed E-state index contributed by atoms with van der Waals surface area (Å²) in [5, 5.41) is 3.97. The van der Waals surface area contributed by atoms with Gasteiger partial charge in [0.15, 0.2) is 0 Å². The van der Waals surface area contributed by atoms with E-state index >= 15 is 0 Å². The molecule has 0 aromatic heterocycles. The van der Waals surface area contributed by atoms with Crippen molar-refractivity contribution in [2.75, 3.05) is 11.9 Å². The second kappa shape index (κ2) is 5.68. The van der Waals surface area contributed by atoms with Crippen molar-refractivity contribution in [1.82, 2.24) is 0 Å². The monoisotopic (exact) mass is 284 g/mol. The van der Waals surface area contributed by atoms with Gasteiger partial charge in [0.25, 0.3) is 0 Å². The zero-order valence-electron chi connectivity index (χ0n) is 11.5. The Balaban J connectivity index is 2.25. The van der Waals surface area contributed by atoms with Gasteiger partial charge in [-0.15, -0.1) is 0 Å². The topological polar surface area (TPSA) is 38.0 Å². The maximum atomic E-state index is 13.4. The van der Waals surface area contributed by atoms with Crippen LogP contribution >= 0.6 is 11.6 Å². The number of hydrogen-bond donors (Lipinski definition) is 2. The fourth-order valence-electron chi connectivity index (χ4n) is 3.10. The van der Waals surface area contributed by atoms with E-state index in [2.05, 4.69) is 19.2 Å². The molecule has 1 aliphatic carbocycles. The second-order valence-electron chi connectivity index (χ2n) is 5.89. The van der Waals surface area contributed by atoms with Crippen LogP contribution in [0, 0.1) is 17.7 Å². The van der Waals surface area contributed by atoms with Gasteiger partial charge < -0.3 is 11.1 Å². The molecule has 0 spiro atoms. The highest BCUT2D eigenvalue weighted by Crippen LogP contribution is 2.39. The van der Waals surface area contributed by atoms with Gasteiger partial charge in [0, 0.05) is 6.54 Å². The molecule has 0 radical (unpaired) electrons. The number of halogens is 2. The Labute approximate surface area is 119 Å². The summed E-state index contributed by atoms with van der Waals surface area (Å²) in [6, 6.07) is 4.40. The van der Waals surface area contributed by atoms with Gasteiger partial charge >= 0.3 is 0 Å². The molecule has 3 N–H and O–H groups in total. The predicted octanol–water partition coefficient (Wildman–Crippen LogP) is 4.04. The quantitative estimate of drug-likeness (QED) is 0.879. The van der Waals surface area contributed by atoms with Gasteiger partial charge in [0.05, 0.1) is 16.2 Å². The Kier molecular flexibility index (Phi) is 4.36. The number of rotatable bonds is 3. The Morgan fingerprint density at radius 1 is 1.47 bits per heavy atom. The van der Waals surface area contributed by atoms with Crippen LogP contribution in [-0.4, -0.2) is 12.1 Å². The molecule has 0 bridgehead atoms. The first-order chi connectivity index (χ1) is 8.97. The van der Waals surface area contributed by atoms with Crippen molar-refractivity contribution in [1.29, 1.82) is 0 Å². The molecule has 1 aliphatic rings. The van der Waals surface area contributed by atoms with Crippen molar-refractivity contribution in [2.45, 2.75) is 38.6 Å². The molecular formula is C15H22ClFN2. The number of hydrogen-bond acceptors (Lipinski definition) is 2. The third-order valence-corrected chi connectivity index (χ3v) is 4.79. The molecule has 1 fully saturated rings. The fraction of sp³-hybridized carbons (Fsp3) is 0.600. The second-order valence-corrected chi connectivity index (χ2v) is 6.30. The average Bonchev–Trinajstić information content (AvgIpc) is 2.37. The summed E-state index contributed by atoms with van der Waals surface area (Å²) in [5.41, 5.74) is 6.48. The predicted molar refractivity (Wildman–Crippen MR) is 79.0 cm³/mol. The normalized spacial score (nSPS) is 31.2. The van der Waals surface area contributed by atoms with E-state index < -0.39 is 0 Å². The van der Waals surface area contributed by atoms with Crippen LogP contribution in [0.2, 0.25) is 5.02 Å². The molecule has 1 saturated carbocycles. The molecule has 0 aliphatic heterocycles. The lowest BCUT2D eigenvalue weighted by molar-refractivity contribution is 0.189. The summed E-state index contributed by atoms with van der Waals surface area (Å²) in [4.78, 5) is 0. The van der Waals surface area contributed by atoms with Crippen LogP contribution in [0.3, 0.4) is 0 Å². The molecule has 4 heteroatoms. The minimum Gasteiger partial charge on any atom is -0.377 e. The summed E-state index contributed by atoms with van der Waals surface area (Å²) >= 11 is 6.14. The number of anilines is 1. The van der Waals surface area contributed by atoms with Crippen LogP contribution < -0.4 is 11.1 Å². The van der Waals surface area contributed by atoms with Crippen molar-refractivity contribution >= 4 is 17.3 Å². The number of nitrogens with one attached hydrogen (secondary N) is 1. The fourth-order valence-corrected chi connectivity index (χ4v) is 3.26. The minimum absolute atomic E-state index is 0.177. The Hall–Kier alpha value is -0.800. The molecule has 0 heterocycles. The van der Waals surface area contributed by atoms with Crippen molar-refractivity contribution in [3.63, 3.8) is 0 Å². The van der Waals surface area contributed by atoms with Gasteiger partial charge in [-0.25, -0.2) is 4.39 Å². The van der Waals surface area contributed by atoms with Gasteiger partial charge in [-0.05, 0) is 49.3 Å². The Bertz CT molecular complexity index is 452. The summed E-state index contributed by atoms with van der Waals surface area (Å²) in [5.74, 6) is 0.885. The highest BCUT2D eigenvalue weighted by Gasteiger charge is 2.39. The van der Waals surface area contributed by atoms with Crippen LogP contribution in [0.15, 0.2) is 18.2 Å². The maximum absolute atomic E-state index is 13.4. The maximum Gasteiger partial charge on any atom is 0.125 e. The van der Waals surface area contributed by atoms with Crippen LogP contribution in [-0.2, 0) is 0 Å². The average molecular weight is 285 g/mol. The van der Waals surface area contributed by atoms with Crippen molar-refractivity contribution in [3.05, 3.63) is 29.0 Å². The Morgan fingerprint density at radius 2 is 2.21 bits per heavy atom. The molecule has 1 aromatic rings. The highest BCUT2D eigenvalue weighted by molar-refractivity contribution is 6.33. The lowest BCUT2D eigenvalue weighted by Crippen LogP contribution is -2.53. The largest absolute Gasteiger partial charge is 0.377 e. The number of nitrogens with two attached hydrogens (primary N) is 1. The molecule has 106 valence electrons. The molecule has 0 amide bonds. The van der Waals surface area contributed by atoms with Gasteiger partial charge in [-0.3, -0.25) is 0 Å². The van der Waals surface area contributed by atoms with Gasteiger partial charge in [0.1, 0.15) is 5.82 Å². The standard InChI is InChI=1S/C15H22ClFN2/c1-10-5-6-15(9-18,11(2)7-10)19-14-8-12(17)3-4-13(14)16/h3-4,8,10-11,19H,5-7,9,18H2,1-2H3. The summed E-state index contributed by atoms with van der Waals surface area (Å²) in [6.45, 7) is 5.02. The van der Waals surface area contributed by atoms with Crippen LogP contribution in [0.5, 0.6) is 0 Å². The van der Waals surface area contributed by atoms with Gasteiger partial charge in [-0.1, -0.05) is 25.4 Å². The smallest absolute Gasteiger partial charge is 0.125 e. The third-order valence-electron chi connectivity index (χ3n) is 4.46. The molecule has 3 unspecified atom stereocenters. The first-order valence-corrected chi connectivity index (χ1v) is 7.28. The van der Waals surface area contributed by atoms with Crippen LogP contribution in [0.25, 0.3) is 0 Å². The molecule has 2 rings (SSSR count).